The van der Waals surface area contributed by atoms with E-state index in [1.54, 1.807) is 48.5 Å². The summed E-state index contributed by atoms with van der Waals surface area (Å²) in [5.74, 6) is -1.45. The van der Waals surface area contributed by atoms with Crippen molar-refractivity contribution in [1.29, 1.82) is 0 Å². The van der Waals surface area contributed by atoms with Gasteiger partial charge in [-0.3, -0.25) is 19.8 Å². The molecule has 3 aromatic carbocycles. The number of benzene rings is 3. The number of hydrogen-bond donors (Lipinski definition) is 1. The lowest BCUT2D eigenvalue weighted by Crippen LogP contribution is -2.54. The maximum atomic E-state index is 13.6. The van der Waals surface area contributed by atoms with Crippen molar-refractivity contribution in [3.8, 4) is 0 Å². The fourth-order valence-electron chi connectivity index (χ4n) is 3.35. The van der Waals surface area contributed by atoms with Crippen molar-refractivity contribution in [2.45, 2.75) is 6.42 Å². The third-order valence-corrected chi connectivity index (χ3v) is 5.33. The van der Waals surface area contributed by atoms with E-state index in [0.717, 1.165) is 11.1 Å². The Morgan fingerprint density at radius 1 is 1.00 bits per heavy atom. The molecule has 0 atom stereocenters. The SMILES string of the molecule is O=C1NC(=S)N(c2ccccc2)C(=O)/C1=C\c1cc(Cl)ccc1Cc1cccc(F)c1. The number of carbonyl (C=O) groups is 2. The standard InChI is InChI=1S/C24H16ClFN2O2S/c25-18-10-9-16(11-15-5-4-6-19(26)12-15)17(13-18)14-21-22(29)27-24(31)28(23(21)30)20-7-2-1-3-8-20/h1-10,12-14H,11H2,(H,27,29,31)/b21-14-. The number of nitrogens with zero attached hydrogens (tertiary/aromatic N) is 1. The molecule has 0 aliphatic carbocycles. The summed E-state index contributed by atoms with van der Waals surface area (Å²) in [6, 6.07) is 20.3. The smallest absolute Gasteiger partial charge is 0.270 e. The fourth-order valence-corrected chi connectivity index (χ4v) is 3.81. The van der Waals surface area contributed by atoms with Gasteiger partial charge in [0.1, 0.15) is 11.4 Å². The van der Waals surface area contributed by atoms with Crippen molar-refractivity contribution >= 4 is 52.5 Å². The lowest BCUT2D eigenvalue weighted by molar-refractivity contribution is -0.122. The molecule has 1 heterocycles. The maximum absolute atomic E-state index is 13.6. The van der Waals surface area contributed by atoms with E-state index in [0.29, 0.717) is 22.7 Å². The van der Waals surface area contributed by atoms with Gasteiger partial charge < -0.3 is 0 Å². The Hall–Kier alpha value is -3.35. The molecular weight excluding hydrogens is 435 g/mol. The number of rotatable bonds is 4. The van der Waals surface area contributed by atoms with Crippen LogP contribution in [0, 0.1) is 5.82 Å². The summed E-state index contributed by atoms with van der Waals surface area (Å²) in [4.78, 5) is 27.1. The number of nitrogens with one attached hydrogen (secondary N) is 1. The molecule has 0 saturated carbocycles. The summed E-state index contributed by atoms with van der Waals surface area (Å²) in [7, 11) is 0. The van der Waals surface area contributed by atoms with Crippen LogP contribution >= 0.6 is 23.8 Å². The van der Waals surface area contributed by atoms with Gasteiger partial charge >= 0.3 is 0 Å². The molecule has 1 aliphatic rings. The van der Waals surface area contributed by atoms with Crippen LogP contribution in [0.15, 0.2) is 78.4 Å². The molecule has 2 amide bonds. The molecule has 0 radical (unpaired) electrons. The summed E-state index contributed by atoms with van der Waals surface area (Å²) >= 11 is 11.4. The molecule has 4 rings (SSSR count). The number of para-hydroxylation sites is 1. The van der Waals surface area contributed by atoms with Gasteiger partial charge in [-0.1, -0.05) is 48.0 Å². The lowest BCUT2D eigenvalue weighted by atomic mass is 9.97. The average Bonchev–Trinajstić information content (AvgIpc) is 2.73. The Morgan fingerprint density at radius 2 is 1.77 bits per heavy atom. The van der Waals surface area contributed by atoms with E-state index >= 15 is 0 Å². The first-order valence-corrected chi connectivity index (χ1v) is 10.2. The fraction of sp³-hybridized carbons (Fsp3) is 0.0417. The first-order valence-electron chi connectivity index (χ1n) is 9.42. The van der Waals surface area contributed by atoms with Crippen LogP contribution in [0.25, 0.3) is 6.08 Å². The minimum Gasteiger partial charge on any atom is -0.298 e. The molecule has 0 bridgehead atoms. The summed E-state index contributed by atoms with van der Waals surface area (Å²) in [5, 5.41) is 3.04. The molecule has 0 aromatic heterocycles. The van der Waals surface area contributed by atoms with Gasteiger partial charge in [0.05, 0.1) is 5.69 Å². The first kappa shape index (κ1) is 20.9. The van der Waals surface area contributed by atoms with Crippen molar-refractivity contribution in [1.82, 2.24) is 5.32 Å². The predicted molar refractivity (Wildman–Crippen MR) is 123 cm³/mol. The highest BCUT2D eigenvalue weighted by molar-refractivity contribution is 7.80. The third kappa shape index (κ3) is 4.55. The number of anilines is 1. The van der Waals surface area contributed by atoms with Gasteiger partial charge in [-0.25, -0.2) is 4.39 Å². The van der Waals surface area contributed by atoms with E-state index in [1.807, 2.05) is 12.1 Å². The maximum Gasteiger partial charge on any atom is 0.270 e. The minimum absolute atomic E-state index is 0.0180. The minimum atomic E-state index is -0.584. The van der Waals surface area contributed by atoms with E-state index in [2.05, 4.69) is 5.32 Å². The van der Waals surface area contributed by atoms with Crippen LogP contribution in [0.1, 0.15) is 16.7 Å². The lowest BCUT2D eigenvalue weighted by Gasteiger charge is -2.29. The van der Waals surface area contributed by atoms with Crippen LogP contribution in [-0.4, -0.2) is 16.9 Å². The zero-order chi connectivity index (χ0) is 22.0. The molecule has 1 N–H and O–H groups in total. The Kier molecular flexibility index (Phi) is 5.93. The molecule has 0 unspecified atom stereocenters. The topological polar surface area (TPSA) is 49.4 Å². The van der Waals surface area contributed by atoms with Crippen molar-refractivity contribution in [2.24, 2.45) is 0 Å². The number of amides is 2. The molecule has 1 saturated heterocycles. The molecule has 3 aromatic rings. The van der Waals surface area contributed by atoms with E-state index in [1.165, 1.54) is 23.1 Å². The van der Waals surface area contributed by atoms with Crippen LogP contribution in [0.2, 0.25) is 5.02 Å². The van der Waals surface area contributed by atoms with E-state index in [-0.39, 0.29) is 16.5 Å². The summed E-state index contributed by atoms with van der Waals surface area (Å²) in [5.41, 5.74) is 2.63. The Labute approximate surface area is 189 Å². The van der Waals surface area contributed by atoms with Gasteiger partial charge in [-0.15, -0.1) is 0 Å². The van der Waals surface area contributed by atoms with Crippen LogP contribution in [0.5, 0.6) is 0 Å². The molecule has 154 valence electrons. The van der Waals surface area contributed by atoms with Crippen molar-refractivity contribution in [3.63, 3.8) is 0 Å². The zero-order valence-corrected chi connectivity index (χ0v) is 17.7. The molecule has 4 nitrogen and oxygen atoms in total. The number of carbonyl (C=O) groups excluding carboxylic acids is 2. The van der Waals surface area contributed by atoms with Gasteiger partial charge in [0.2, 0.25) is 0 Å². The van der Waals surface area contributed by atoms with Crippen molar-refractivity contribution in [3.05, 3.63) is 106 Å². The molecule has 0 spiro atoms. The Bertz CT molecular complexity index is 1230. The summed E-state index contributed by atoms with van der Waals surface area (Å²) in [6.07, 6.45) is 1.90. The number of hydrogen-bond acceptors (Lipinski definition) is 3. The molecule has 1 aliphatic heterocycles. The van der Waals surface area contributed by atoms with Gasteiger partial charge in [0.15, 0.2) is 5.11 Å². The Morgan fingerprint density at radius 3 is 2.52 bits per heavy atom. The average molecular weight is 451 g/mol. The normalized spacial score (nSPS) is 15.4. The van der Waals surface area contributed by atoms with Gasteiger partial charge in [0, 0.05) is 5.02 Å². The van der Waals surface area contributed by atoms with Crippen LogP contribution in [-0.2, 0) is 16.0 Å². The number of halogens is 2. The quantitative estimate of drug-likeness (QED) is 0.349. The highest BCUT2D eigenvalue weighted by Crippen LogP contribution is 2.25. The van der Waals surface area contributed by atoms with Gasteiger partial charge in [-0.2, -0.15) is 0 Å². The first-order chi connectivity index (χ1) is 14.9. The second-order valence-electron chi connectivity index (χ2n) is 6.94. The molecular formula is C24H16ClFN2O2S. The highest BCUT2D eigenvalue weighted by atomic mass is 35.5. The second-order valence-corrected chi connectivity index (χ2v) is 7.77. The third-order valence-electron chi connectivity index (χ3n) is 4.81. The second kappa shape index (κ2) is 8.79. The van der Waals surface area contributed by atoms with Gasteiger partial charge in [-0.05, 0) is 77.8 Å². The highest BCUT2D eigenvalue weighted by Gasteiger charge is 2.34. The van der Waals surface area contributed by atoms with Crippen molar-refractivity contribution < 1.29 is 14.0 Å². The zero-order valence-electron chi connectivity index (χ0n) is 16.1. The van der Waals surface area contributed by atoms with E-state index in [9.17, 15) is 14.0 Å². The Balaban J connectivity index is 1.74. The monoisotopic (exact) mass is 450 g/mol. The molecule has 31 heavy (non-hydrogen) atoms. The largest absolute Gasteiger partial charge is 0.298 e. The molecule has 7 heteroatoms. The number of thiocarbonyl (C=S) groups is 1. The van der Waals surface area contributed by atoms with Crippen LogP contribution < -0.4 is 10.2 Å². The van der Waals surface area contributed by atoms with Gasteiger partial charge in [0.25, 0.3) is 11.8 Å². The summed E-state index contributed by atoms with van der Waals surface area (Å²) in [6.45, 7) is 0. The molecule has 1 fully saturated rings. The van der Waals surface area contributed by atoms with E-state index < -0.39 is 11.8 Å². The predicted octanol–water partition coefficient (Wildman–Crippen LogP) is 4.90. The summed E-state index contributed by atoms with van der Waals surface area (Å²) < 4.78 is 13.6. The van der Waals surface area contributed by atoms with Crippen LogP contribution in [0.3, 0.4) is 0 Å². The van der Waals surface area contributed by atoms with Crippen LogP contribution in [0.4, 0.5) is 10.1 Å². The van der Waals surface area contributed by atoms with E-state index in [4.69, 9.17) is 23.8 Å². The van der Waals surface area contributed by atoms with Crippen molar-refractivity contribution in [2.75, 3.05) is 4.90 Å².